The van der Waals surface area contributed by atoms with Crippen molar-refractivity contribution in [1.29, 1.82) is 0 Å². The van der Waals surface area contributed by atoms with Gasteiger partial charge in [-0.15, -0.1) is 0 Å². The average Bonchev–Trinajstić information content (AvgIpc) is 3.16. The number of halogens is 3. The highest BCUT2D eigenvalue weighted by atomic mass is 32.2. The highest BCUT2D eigenvalue weighted by Gasteiger charge is 2.35. The number of hydrogen-bond donors (Lipinski definition) is 0. The minimum atomic E-state index is -4.59. The van der Waals surface area contributed by atoms with Crippen molar-refractivity contribution < 1.29 is 21.6 Å². The van der Waals surface area contributed by atoms with Crippen LogP contribution in [0.2, 0.25) is 0 Å². The predicted molar refractivity (Wildman–Crippen MR) is 139 cm³/mol. The summed E-state index contributed by atoms with van der Waals surface area (Å²) in [6.45, 7) is 5.51. The highest BCUT2D eigenvalue weighted by Crippen LogP contribution is 2.39. The Balaban J connectivity index is 1.41. The molecule has 1 aliphatic heterocycles. The van der Waals surface area contributed by atoms with Crippen molar-refractivity contribution in [3.8, 4) is 0 Å². The Kier molecular flexibility index (Phi) is 6.66. The summed E-state index contributed by atoms with van der Waals surface area (Å²) >= 11 is 0. The lowest BCUT2D eigenvalue weighted by atomic mass is 9.88. The largest absolute Gasteiger partial charge is 0.416 e. The van der Waals surface area contributed by atoms with Gasteiger partial charge in [0.15, 0.2) is 0 Å². The Labute approximate surface area is 215 Å². The summed E-state index contributed by atoms with van der Waals surface area (Å²) in [5.41, 5.74) is 5.08. The zero-order valence-corrected chi connectivity index (χ0v) is 21.6. The van der Waals surface area contributed by atoms with E-state index in [4.69, 9.17) is 0 Å². The predicted octanol–water partition coefficient (Wildman–Crippen LogP) is 6.89. The van der Waals surface area contributed by atoms with Gasteiger partial charge in [-0.1, -0.05) is 48.5 Å². The van der Waals surface area contributed by atoms with Crippen LogP contribution in [0.4, 0.5) is 13.2 Å². The van der Waals surface area contributed by atoms with Gasteiger partial charge in [-0.25, -0.2) is 8.42 Å². The quantitative estimate of drug-likeness (QED) is 0.284. The van der Waals surface area contributed by atoms with Crippen LogP contribution in [0.1, 0.15) is 46.7 Å². The molecule has 1 aliphatic rings. The lowest BCUT2D eigenvalue weighted by Crippen LogP contribution is -2.38. The molecule has 0 saturated carbocycles. The Morgan fingerprint density at radius 3 is 2.27 bits per heavy atom. The van der Waals surface area contributed by atoms with Crippen LogP contribution in [0.5, 0.6) is 0 Å². The smallest absolute Gasteiger partial charge is 0.340 e. The number of fused-ring (bicyclic) bond motifs is 1. The Morgan fingerprint density at radius 2 is 1.57 bits per heavy atom. The van der Waals surface area contributed by atoms with E-state index in [0.717, 1.165) is 30.3 Å². The molecule has 2 heterocycles. The van der Waals surface area contributed by atoms with Crippen molar-refractivity contribution in [2.75, 3.05) is 13.1 Å². The van der Waals surface area contributed by atoms with Crippen LogP contribution < -0.4 is 0 Å². The molecule has 0 unspecified atom stereocenters. The molecule has 1 aromatic heterocycles. The molecule has 194 valence electrons. The van der Waals surface area contributed by atoms with Crippen LogP contribution in [-0.2, 0) is 22.7 Å². The summed E-state index contributed by atoms with van der Waals surface area (Å²) in [7, 11) is -4.02. The zero-order valence-electron chi connectivity index (χ0n) is 20.8. The Morgan fingerprint density at radius 1 is 0.892 bits per heavy atom. The van der Waals surface area contributed by atoms with E-state index in [1.165, 1.54) is 38.1 Å². The fraction of sp³-hybridized carbons (Fsp3) is 0.310. The molecule has 5 rings (SSSR count). The zero-order chi connectivity index (χ0) is 26.4. The number of hydrogen-bond acceptors (Lipinski definition) is 2. The number of aromatic nitrogens is 1. The van der Waals surface area contributed by atoms with Crippen LogP contribution in [0.3, 0.4) is 0 Å². The summed E-state index contributed by atoms with van der Waals surface area (Å²) < 4.78 is 69.5. The maximum atomic E-state index is 13.2. The molecule has 1 fully saturated rings. The minimum absolute atomic E-state index is 0.163. The topological polar surface area (TPSA) is 42.3 Å². The van der Waals surface area contributed by atoms with Crippen molar-refractivity contribution in [2.24, 2.45) is 0 Å². The molecule has 0 radical (unpaired) electrons. The maximum absolute atomic E-state index is 13.2. The standard InChI is InChI=1S/C29H29F3N2O2S/c1-20-8-3-4-9-23(20)19-34-21(2)28(26-12-5-6-13-27(26)34)22-14-16-33(17-15-22)37(35,36)25-11-7-10-24(18-25)29(30,31)32/h3-13,18,22H,14-17,19H2,1-2H3. The van der Waals surface area contributed by atoms with E-state index in [0.29, 0.717) is 12.8 Å². The fourth-order valence-electron chi connectivity index (χ4n) is 5.50. The van der Waals surface area contributed by atoms with Crippen LogP contribution in [-0.4, -0.2) is 30.4 Å². The average molecular weight is 527 g/mol. The van der Waals surface area contributed by atoms with Gasteiger partial charge in [0.2, 0.25) is 10.0 Å². The summed E-state index contributed by atoms with van der Waals surface area (Å²) in [5.74, 6) is 0.163. The number of alkyl halides is 3. The van der Waals surface area contributed by atoms with Crippen LogP contribution in [0.25, 0.3) is 10.9 Å². The van der Waals surface area contributed by atoms with E-state index < -0.39 is 21.8 Å². The summed E-state index contributed by atoms with van der Waals surface area (Å²) in [6, 6.07) is 20.6. The third-order valence-electron chi connectivity index (χ3n) is 7.53. The number of nitrogens with zero attached hydrogens (tertiary/aromatic N) is 2. The van der Waals surface area contributed by atoms with Crippen molar-refractivity contribution in [2.45, 2.75) is 50.2 Å². The van der Waals surface area contributed by atoms with Gasteiger partial charge in [-0.05, 0) is 73.6 Å². The molecule has 4 aromatic rings. The number of para-hydroxylation sites is 1. The van der Waals surface area contributed by atoms with Crippen molar-refractivity contribution in [3.05, 3.63) is 101 Å². The first-order chi connectivity index (χ1) is 17.6. The second-order valence-electron chi connectivity index (χ2n) is 9.73. The molecule has 0 atom stereocenters. The lowest BCUT2D eigenvalue weighted by Gasteiger charge is -2.32. The first-order valence-electron chi connectivity index (χ1n) is 12.4. The van der Waals surface area contributed by atoms with Gasteiger partial charge in [-0.2, -0.15) is 17.5 Å². The number of piperidine rings is 1. The monoisotopic (exact) mass is 526 g/mol. The Hall–Kier alpha value is -3.10. The molecule has 1 saturated heterocycles. The number of sulfonamides is 1. The molecule has 37 heavy (non-hydrogen) atoms. The first kappa shape index (κ1) is 25.5. The van der Waals surface area contributed by atoms with Crippen LogP contribution >= 0.6 is 0 Å². The second-order valence-corrected chi connectivity index (χ2v) is 11.7. The van der Waals surface area contributed by atoms with Gasteiger partial charge in [-0.3, -0.25) is 0 Å². The van der Waals surface area contributed by atoms with Gasteiger partial charge < -0.3 is 4.57 Å². The first-order valence-corrected chi connectivity index (χ1v) is 13.8. The van der Waals surface area contributed by atoms with Gasteiger partial charge in [0.1, 0.15) is 0 Å². The van der Waals surface area contributed by atoms with Gasteiger partial charge in [0.05, 0.1) is 10.5 Å². The van der Waals surface area contributed by atoms with E-state index in [9.17, 15) is 21.6 Å². The van der Waals surface area contributed by atoms with Gasteiger partial charge >= 0.3 is 6.18 Å². The third kappa shape index (κ3) is 4.80. The van der Waals surface area contributed by atoms with Crippen LogP contribution in [0.15, 0.2) is 77.7 Å². The minimum Gasteiger partial charge on any atom is -0.340 e. The highest BCUT2D eigenvalue weighted by molar-refractivity contribution is 7.89. The third-order valence-corrected chi connectivity index (χ3v) is 9.43. The second kappa shape index (κ2) is 9.65. The number of aryl methyl sites for hydroxylation is 1. The van der Waals surface area contributed by atoms with E-state index >= 15 is 0 Å². The lowest BCUT2D eigenvalue weighted by molar-refractivity contribution is -0.137. The molecule has 4 nitrogen and oxygen atoms in total. The van der Waals surface area contributed by atoms with Gasteiger partial charge in [0.25, 0.3) is 0 Å². The molecule has 0 aliphatic carbocycles. The fourth-order valence-corrected chi connectivity index (χ4v) is 7.02. The summed E-state index contributed by atoms with van der Waals surface area (Å²) in [4.78, 5) is -0.313. The van der Waals surface area contributed by atoms with Crippen LogP contribution in [0, 0.1) is 13.8 Å². The van der Waals surface area contributed by atoms with E-state index in [-0.39, 0.29) is 23.9 Å². The number of rotatable bonds is 5. The molecule has 0 N–H and O–H groups in total. The maximum Gasteiger partial charge on any atom is 0.416 e. The molecular weight excluding hydrogens is 497 g/mol. The Bertz CT molecular complexity index is 1550. The molecule has 3 aromatic carbocycles. The van der Waals surface area contributed by atoms with Gasteiger partial charge in [0, 0.05) is 36.2 Å². The molecule has 0 spiro atoms. The SMILES string of the molecule is Cc1ccccc1Cn1c(C)c(C2CCN(S(=O)(=O)c3cccc(C(F)(F)F)c3)CC2)c2ccccc21. The summed E-state index contributed by atoms with van der Waals surface area (Å²) in [5, 5.41) is 1.17. The van der Waals surface area contributed by atoms with E-state index in [2.05, 4.69) is 42.7 Å². The van der Waals surface area contributed by atoms with E-state index in [1.807, 2.05) is 24.3 Å². The van der Waals surface area contributed by atoms with Crippen molar-refractivity contribution in [1.82, 2.24) is 8.87 Å². The molecule has 0 amide bonds. The van der Waals surface area contributed by atoms with Crippen molar-refractivity contribution >= 4 is 20.9 Å². The molecule has 0 bridgehead atoms. The molecular formula is C29H29F3N2O2S. The van der Waals surface area contributed by atoms with E-state index in [1.54, 1.807) is 0 Å². The summed E-state index contributed by atoms with van der Waals surface area (Å²) in [6.07, 6.45) is -3.38. The normalized spacial score (nSPS) is 15.9. The number of benzene rings is 3. The van der Waals surface area contributed by atoms with Crippen molar-refractivity contribution in [3.63, 3.8) is 0 Å². The molecule has 8 heteroatoms.